The summed E-state index contributed by atoms with van der Waals surface area (Å²) in [6.45, 7) is 2.41. The van der Waals surface area contributed by atoms with Crippen molar-refractivity contribution in [3.8, 4) is 0 Å². The van der Waals surface area contributed by atoms with Gasteiger partial charge < -0.3 is 19.7 Å². The van der Waals surface area contributed by atoms with Crippen molar-refractivity contribution in [2.45, 2.75) is 13.8 Å². The fourth-order valence-electron chi connectivity index (χ4n) is 2.51. The smallest absolute Gasteiger partial charge is 0.341 e. The van der Waals surface area contributed by atoms with Gasteiger partial charge in [-0.2, -0.15) is 0 Å². The standard InChI is InChI=1S/C20H19ClF2N2O6S/c1-5-30-20(29)15-9(2)16(18(27)25(3)4)32-17(15)24-14(26)8-31-19(28)10-6-12(22)13(23)7-11(10)21/h6-7H,5,8H2,1-4H3,(H,24,26). The van der Waals surface area contributed by atoms with E-state index in [1.807, 2.05) is 0 Å². The quantitative estimate of drug-likeness (QED) is 0.471. The maximum Gasteiger partial charge on any atom is 0.341 e. The molecule has 0 bridgehead atoms. The Morgan fingerprint density at radius 2 is 1.72 bits per heavy atom. The highest BCUT2D eigenvalue weighted by Crippen LogP contribution is 2.34. The maximum absolute atomic E-state index is 13.4. The van der Waals surface area contributed by atoms with Crippen LogP contribution in [0, 0.1) is 18.6 Å². The van der Waals surface area contributed by atoms with Crippen LogP contribution in [0.3, 0.4) is 0 Å². The van der Waals surface area contributed by atoms with E-state index in [1.165, 1.54) is 19.0 Å². The van der Waals surface area contributed by atoms with Crippen LogP contribution in [0.25, 0.3) is 0 Å². The van der Waals surface area contributed by atoms with Gasteiger partial charge in [0.15, 0.2) is 18.2 Å². The molecule has 0 saturated carbocycles. The molecule has 0 spiro atoms. The van der Waals surface area contributed by atoms with Gasteiger partial charge in [0.2, 0.25) is 0 Å². The molecule has 0 radical (unpaired) electrons. The Morgan fingerprint density at radius 3 is 2.31 bits per heavy atom. The summed E-state index contributed by atoms with van der Waals surface area (Å²) in [7, 11) is 3.07. The largest absolute Gasteiger partial charge is 0.462 e. The Hall–Kier alpha value is -3.05. The van der Waals surface area contributed by atoms with E-state index in [4.69, 9.17) is 21.1 Å². The van der Waals surface area contributed by atoms with Gasteiger partial charge >= 0.3 is 11.9 Å². The molecule has 1 aromatic heterocycles. The molecule has 32 heavy (non-hydrogen) atoms. The molecule has 1 N–H and O–H groups in total. The fourth-order valence-corrected chi connectivity index (χ4v) is 3.97. The SMILES string of the molecule is CCOC(=O)c1c(NC(=O)COC(=O)c2cc(F)c(F)cc2Cl)sc(C(=O)N(C)C)c1C. The zero-order valence-corrected chi connectivity index (χ0v) is 19.1. The van der Waals surface area contributed by atoms with Gasteiger partial charge in [-0.05, 0) is 31.5 Å². The van der Waals surface area contributed by atoms with Crippen molar-refractivity contribution < 1.29 is 37.4 Å². The number of esters is 2. The lowest BCUT2D eigenvalue weighted by molar-refractivity contribution is -0.119. The van der Waals surface area contributed by atoms with Crippen molar-refractivity contribution in [3.63, 3.8) is 0 Å². The predicted molar refractivity (Wildman–Crippen MR) is 113 cm³/mol. The number of rotatable bonds is 7. The van der Waals surface area contributed by atoms with Crippen LogP contribution >= 0.6 is 22.9 Å². The number of benzene rings is 1. The number of hydrogen-bond donors (Lipinski definition) is 1. The van der Waals surface area contributed by atoms with Gasteiger partial charge in [-0.1, -0.05) is 11.6 Å². The third-order valence-electron chi connectivity index (χ3n) is 4.04. The normalized spacial score (nSPS) is 10.5. The van der Waals surface area contributed by atoms with Gasteiger partial charge in [0.1, 0.15) is 5.00 Å². The van der Waals surface area contributed by atoms with Gasteiger partial charge in [0.05, 0.1) is 27.6 Å². The number of nitrogens with one attached hydrogen (secondary N) is 1. The number of carbonyl (C=O) groups excluding carboxylic acids is 4. The molecule has 2 aromatic rings. The van der Waals surface area contributed by atoms with E-state index in [1.54, 1.807) is 13.8 Å². The maximum atomic E-state index is 13.4. The third kappa shape index (κ3) is 5.60. The van der Waals surface area contributed by atoms with Gasteiger partial charge in [-0.3, -0.25) is 9.59 Å². The average Bonchev–Trinajstić information content (AvgIpc) is 3.04. The zero-order chi connectivity index (χ0) is 24.2. The first-order chi connectivity index (χ1) is 15.0. The molecule has 0 aliphatic heterocycles. The van der Waals surface area contributed by atoms with Crippen molar-refractivity contribution in [1.29, 1.82) is 0 Å². The second kappa shape index (κ2) is 10.5. The lowest BCUT2D eigenvalue weighted by Crippen LogP contribution is -2.22. The molecule has 0 aliphatic carbocycles. The lowest BCUT2D eigenvalue weighted by atomic mass is 10.1. The highest BCUT2D eigenvalue weighted by Gasteiger charge is 2.27. The number of halogens is 3. The van der Waals surface area contributed by atoms with E-state index in [-0.39, 0.29) is 33.0 Å². The van der Waals surface area contributed by atoms with E-state index < -0.39 is 41.7 Å². The first kappa shape index (κ1) is 25.2. The number of carbonyl (C=O) groups is 4. The first-order valence-electron chi connectivity index (χ1n) is 9.11. The Kier molecular flexibility index (Phi) is 8.28. The minimum atomic E-state index is -1.31. The Bertz CT molecular complexity index is 1090. The summed E-state index contributed by atoms with van der Waals surface area (Å²) in [5.74, 6) is -5.66. The van der Waals surface area contributed by atoms with Crippen molar-refractivity contribution >= 4 is 51.7 Å². The Balaban J connectivity index is 2.20. The van der Waals surface area contributed by atoms with Crippen LogP contribution in [-0.4, -0.2) is 56.0 Å². The highest BCUT2D eigenvalue weighted by atomic mass is 35.5. The lowest BCUT2D eigenvalue weighted by Gasteiger charge is -2.09. The summed E-state index contributed by atoms with van der Waals surface area (Å²) in [6.07, 6.45) is 0. The second-order valence-corrected chi connectivity index (χ2v) is 7.98. The molecule has 0 aliphatic rings. The summed E-state index contributed by atoms with van der Waals surface area (Å²) in [5.41, 5.74) is -0.130. The van der Waals surface area contributed by atoms with Crippen LogP contribution in [0.1, 0.15) is 42.9 Å². The average molecular weight is 489 g/mol. The summed E-state index contributed by atoms with van der Waals surface area (Å²) >= 11 is 6.57. The molecule has 1 aromatic carbocycles. The molecule has 12 heteroatoms. The van der Waals surface area contributed by atoms with Gasteiger partial charge in [-0.25, -0.2) is 18.4 Å². The van der Waals surface area contributed by atoms with E-state index >= 15 is 0 Å². The van der Waals surface area contributed by atoms with Crippen LogP contribution in [0.5, 0.6) is 0 Å². The number of hydrogen-bond acceptors (Lipinski definition) is 7. The van der Waals surface area contributed by atoms with E-state index in [0.717, 1.165) is 11.3 Å². The molecule has 2 amide bonds. The van der Waals surface area contributed by atoms with Crippen molar-refractivity contribution in [2.75, 3.05) is 32.6 Å². The highest BCUT2D eigenvalue weighted by molar-refractivity contribution is 7.18. The molecular formula is C20H19ClF2N2O6S. The Labute approximate surface area is 191 Å². The number of nitrogens with zero attached hydrogens (tertiary/aromatic N) is 1. The minimum Gasteiger partial charge on any atom is -0.462 e. The monoisotopic (exact) mass is 488 g/mol. The van der Waals surface area contributed by atoms with Crippen LogP contribution in [0.4, 0.5) is 13.8 Å². The topological polar surface area (TPSA) is 102 Å². The van der Waals surface area contributed by atoms with E-state index in [0.29, 0.717) is 17.7 Å². The molecule has 0 atom stereocenters. The van der Waals surface area contributed by atoms with Gasteiger partial charge in [0.25, 0.3) is 11.8 Å². The van der Waals surface area contributed by atoms with Crippen molar-refractivity contribution in [1.82, 2.24) is 4.90 Å². The molecule has 1 heterocycles. The van der Waals surface area contributed by atoms with E-state index in [9.17, 15) is 28.0 Å². The van der Waals surface area contributed by atoms with Crippen LogP contribution in [-0.2, 0) is 14.3 Å². The Morgan fingerprint density at radius 1 is 1.09 bits per heavy atom. The third-order valence-corrected chi connectivity index (χ3v) is 5.55. The summed E-state index contributed by atoms with van der Waals surface area (Å²) in [6, 6.07) is 1.16. The fraction of sp³-hybridized carbons (Fsp3) is 0.300. The number of anilines is 1. The molecular weight excluding hydrogens is 470 g/mol. The van der Waals surface area contributed by atoms with E-state index in [2.05, 4.69) is 5.32 Å². The van der Waals surface area contributed by atoms with Crippen molar-refractivity contribution in [2.24, 2.45) is 0 Å². The summed E-state index contributed by atoms with van der Waals surface area (Å²) in [4.78, 5) is 50.7. The van der Waals surface area contributed by atoms with Crippen molar-refractivity contribution in [3.05, 3.63) is 50.4 Å². The molecule has 172 valence electrons. The molecule has 0 saturated heterocycles. The van der Waals surface area contributed by atoms with Crippen LogP contribution in [0.15, 0.2) is 12.1 Å². The molecule has 8 nitrogen and oxygen atoms in total. The first-order valence-corrected chi connectivity index (χ1v) is 10.3. The minimum absolute atomic E-state index is 0.00498. The number of amides is 2. The number of thiophene rings is 1. The van der Waals surface area contributed by atoms with Gasteiger partial charge in [-0.15, -0.1) is 11.3 Å². The summed E-state index contributed by atoms with van der Waals surface area (Å²) < 4.78 is 36.3. The van der Waals surface area contributed by atoms with Crippen LogP contribution < -0.4 is 5.32 Å². The molecule has 0 fully saturated rings. The number of ether oxygens (including phenoxy) is 2. The molecule has 0 unspecified atom stereocenters. The summed E-state index contributed by atoms with van der Waals surface area (Å²) in [5, 5.41) is 2.06. The zero-order valence-electron chi connectivity index (χ0n) is 17.5. The second-order valence-electron chi connectivity index (χ2n) is 6.55. The molecule has 2 rings (SSSR count). The van der Waals surface area contributed by atoms with Gasteiger partial charge in [0, 0.05) is 14.1 Å². The van der Waals surface area contributed by atoms with Crippen LogP contribution in [0.2, 0.25) is 5.02 Å². The predicted octanol–water partition coefficient (Wildman–Crippen LogP) is 3.66.